The van der Waals surface area contributed by atoms with E-state index in [9.17, 15) is 13.2 Å². The highest BCUT2D eigenvalue weighted by atomic mass is 32.2. The van der Waals surface area contributed by atoms with Crippen LogP contribution in [-0.4, -0.2) is 31.5 Å². The van der Waals surface area contributed by atoms with Gasteiger partial charge in [0.25, 0.3) is 0 Å². The first-order chi connectivity index (χ1) is 10.2. The van der Waals surface area contributed by atoms with Gasteiger partial charge in [-0.2, -0.15) is 0 Å². The van der Waals surface area contributed by atoms with Gasteiger partial charge < -0.3 is 4.74 Å². The molecule has 0 unspecified atom stereocenters. The number of sulfone groups is 1. The third-order valence-electron chi connectivity index (χ3n) is 5.45. The summed E-state index contributed by atoms with van der Waals surface area (Å²) in [5, 5.41) is -0.953. The van der Waals surface area contributed by atoms with Crippen LogP contribution >= 0.6 is 0 Å². The second kappa shape index (κ2) is 6.90. The summed E-state index contributed by atoms with van der Waals surface area (Å²) >= 11 is 0. The first-order valence-electron chi connectivity index (χ1n) is 8.64. The van der Waals surface area contributed by atoms with Crippen LogP contribution in [0.2, 0.25) is 0 Å². The van der Waals surface area contributed by atoms with Gasteiger partial charge >= 0.3 is 5.97 Å². The zero-order valence-electron chi connectivity index (χ0n) is 14.2. The fourth-order valence-corrected chi connectivity index (χ4v) is 6.10. The fourth-order valence-electron chi connectivity index (χ4n) is 4.08. The van der Waals surface area contributed by atoms with E-state index in [1.807, 2.05) is 6.92 Å². The minimum atomic E-state index is -3.35. The summed E-state index contributed by atoms with van der Waals surface area (Å²) in [6.07, 6.45) is 4.39. The third kappa shape index (κ3) is 3.84. The second-order valence-corrected chi connectivity index (χ2v) is 9.95. The predicted molar refractivity (Wildman–Crippen MR) is 87.2 cm³/mol. The Morgan fingerprint density at radius 2 is 1.82 bits per heavy atom. The summed E-state index contributed by atoms with van der Waals surface area (Å²) in [4.78, 5) is 12.6. The maximum Gasteiger partial charge on any atom is 0.324 e. The van der Waals surface area contributed by atoms with E-state index in [2.05, 4.69) is 20.8 Å². The van der Waals surface area contributed by atoms with Crippen molar-refractivity contribution in [3.8, 4) is 0 Å². The molecule has 0 aromatic rings. The van der Waals surface area contributed by atoms with Crippen LogP contribution in [0.1, 0.15) is 59.8 Å². The van der Waals surface area contributed by atoms with E-state index in [4.69, 9.17) is 4.74 Å². The lowest BCUT2D eigenvalue weighted by Crippen LogP contribution is -2.45. The van der Waals surface area contributed by atoms with Crippen LogP contribution in [0.4, 0.5) is 0 Å². The lowest BCUT2D eigenvalue weighted by Gasteiger charge is -2.38. The first-order valence-corrected chi connectivity index (χ1v) is 10.4. The van der Waals surface area contributed by atoms with Gasteiger partial charge in [-0.05, 0) is 49.4 Å². The van der Waals surface area contributed by atoms with Crippen molar-refractivity contribution in [2.24, 2.45) is 23.7 Å². The van der Waals surface area contributed by atoms with Gasteiger partial charge in [-0.3, -0.25) is 4.79 Å². The molecule has 0 bridgehead atoms. The zero-order valence-corrected chi connectivity index (χ0v) is 15.1. The minimum absolute atomic E-state index is 0.117. The average Bonchev–Trinajstić information content (AvgIpc) is 2.36. The number of hydrogen-bond acceptors (Lipinski definition) is 4. The van der Waals surface area contributed by atoms with Crippen LogP contribution in [-0.2, 0) is 19.4 Å². The molecule has 0 amide bonds. The Kier molecular flexibility index (Phi) is 5.57. The van der Waals surface area contributed by atoms with E-state index >= 15 is 0 Å². The topological polar surface area (TPSA) is 60.4 Å². The van der Waals surface area contributed by atoms with E-state index in [0.29, 0.717) is 24.2 Å². The molecule has 0 radical (unpaired) electrons. The molecule has 0 aromatic carbocycles. The molecule has 1 saturated heterocycles. The van der Waals surface area contributed by atoms with Crippen LogP contribution in [0.5, 0.6) is 0 Å². The average molecular weight is 330 g/mol. The van der Waals surface area contributed by atoms with Crippen molar-refractivity contribution >= 4 is 15.8 Å². The van der Waals surface area contributed by atoms with E-state index in [0.717, 1.165) is 25.7 Å². The molecule has 5 heteroatoms. The van der Waals surface area contributed by atoms with Crippen molar-refractivity contribution in [3.63, 3.8) is 0 Å². The van der Waals surface area contributed by atoms with Gasteiger partial charge in [-0.15, -0.1) is 0 Å². The van der Waals surface area contributed by atoms with Gasteiger partial charge in [-0.1, -0.05) is 34.1 Å². The normalized spacial score (nSPS) is 38.7. The van der Waals surface area contributed by atoms with Crippen LogP contribution in [0.25, 0.3) is 0 Å². The number of carbonyl (C=O) groups is 1. The summed E-state index contributed by atoms with van der Waals surface area (Å²) in [7, 11) is -3.35. The first kappa shape index (κ1) is 17.8. The molecule has 22 heavy (non-hydrogen) atoms. The summed E-state index contributed by atoms with van der Waals surface area (Å²) in [6.45, 7) is 8.34. The zero-order chi connectivity index (χ0) is 16.5. The number of carbonyl (C=O) groups excluding carboxylic acids is 1. The van der Waals surface area contributed by atoms with Crippen molar-refractivity contribution in [2.75, 3.05) is 5.75 Å². The van der Waals surface area contributed by atoms with Crippen molar-refractivity contribution in [1.82, 2.24) is 0 Å². The molecule has 0 aromatic heterocycles. The molecule has 1 heterocycles. The number of hydrogen-bond donors (Lipinski definition) is 0. The molecular weight excluding hydrogens is 300 g/mol. The Morgan fingerprint density at radius 3 is 2.41 bits per heavy atom. The van der Waals surface area contributed by atoms with Gasteiger partial charge in [-0.25, -0.2) is 8.42 Å². The Balaban J connectivity index is 2.11. The highest BCUT2D eigenvalue weighted by molar-refractivity contribution is 7.92. The monoisotopic (exact) mass is 330 g/mol. The van der Waals surface area contributed by atoms with Crippen LogP contribution < -0.4 is 0 Å². The van der Waals surface area contributed by atoms with Gasteiger partial charge in [0.05, 0.1) is 5.75 Å². The van der Waals surface area contributed by atoms with Crippen molar-refractivity contribution in [2.45, 2.75) is 71.2 Å². The standard InChI is InChI=1S/C17H30O4S/c1-11(2)14-8-7-12(3)10-15(14)21-17(18)16-13(4)6-5-9-22(16,19)20/h11-16H,5-10H2,1-4H3/t12-,13-,14+,15-,16-/m1/s1. The van der Waals surface area contributed by atoms with Crippen molar-refractivity contribution < 1.29 is 17.9 Å². The molecule has 1 aliphatic carbocycles. The molecule has 128 valence electrons. The quantitative estimate of drug-likeness (QED) is 0.746. The predicted octanol–water partition coefficient (Wildman–Crippen LogP) is 3.20. The lowest BCUT2D eigenvalue weighted by atomic mass is 9.75. The molecular formula is C17H30O4S. The Hall–Kier alpha value is -0.580. The van der Waals surface area contributed by atoms with E-state index < -0.39 is 21.1 Å². The van der Waals surface area contributed by atoms with E-state index in [1.54, 1.807) is 0 Å². The fraction of sp³-hybridized carbons (Fsp3) is 0.941. The van der Waals surface area contributed by atoms with E-state index in [1.165, 1.54) is 0 Å². The van der Waals surface area contributed by atoms with E-state index in [-0.39, 0.29) is 17.8 Å². The Bertz CT molecular complexity index is 497. The minimum Gasteiger partial charge on any atom is -0.461 e. The molecule has 4 nitrogen and oxygen atoms in total. The highest BCUT2D eigenvalue weighted by Crippen LogP contribution is 2.36. The Labute approximate surface area is 134 Å². The highest BCUT2D eigenvalue weighted by Gasteiger charge is 2.43. The van der Waals surface area contributed by atoms with Crippen molar-refractivity contribution in [1.29, 1.82) is 0 Å². The SMILES string of the molecule is CC(C)[C@@H]1CC[C@@H](C)C[C@H]1OC(=O)[C@H]1[C@H](C)CCCS1(=O)=O. The summed E-state index contributed by atoms with van der Waals surface area (Å²) < 4.78 is 30.3. The van der Waals surface area contributed by atoms with Crippen LogP contribution in [0, 0.1) is 23.7 Å². The molecule has 2 aliphatic rings. The molecule has 1 aliphatic heterocycles. The maximum atomic E-state index is 12.6. The molecule has 0 spiro atoms. The summed E-state index contributed by atoms with van der Waals surface area (Å²) in [5.41, 5.74) is 0. The number of esters is 1. The Morgan fingerprint density at radius 1 is 1.14 bits per heavy atom. The molecule has 2 fully saturated rings. The van der Waals surface area contributed by atoms with Crippen molar-refractivity contribution in [3.05, 3.63) is 0 Å². The summed E-state index contributed by atoms with van der Waals surface area (Å²) in [6, 6.07) is 0. The maximum absolute atomic E-state index is 12.6. The molecule has 0 N–H and O–H groups in total. The van der Waals surface area contributed by atoms with Crippen LogP contribution in [0.3, 0.4) is 0 Å². The summed E-state index contributed by atoms with van der Waals surface area (Å²) in [5.74, 6) is 0.813. The lowest BCUT2D eigenvalue weighted by molar-refractivity contribution is -0.156. The molecule has 1 saturated carbocycles. The second-order valence-electron chi connectivity index (χ2n) is 7.71. The number of rotatable bonds is 3. The van der Waals surface area contributed by atoms with Crippen LogP contribution in [0.15, 0.2) is 0 Å². The van der Waals surface area contributed by atoms with Gasteiger partial charge in [0.1, 0.15) is 6.10 Å². The third-order valence-corrected chi connectivity index (χ3v) is 7.74. The number of ether oxygens (including phenoxy) is 1. The molecule has 2 rings (SSSR count). The van der Waals surface area contributed by atoms with Gasteiger partial charge in [0, 0.05) is 0 Å². The molecule has 5 atom stereocenters. The van der Waals surface area contributed by atoms with Gasteiger partial charge in [0.15, 0.2) is 15.1 Å². The van der Waals surface area contributed by atoms with Gasteiger partial charge in [0.2, 0.25) is 0 Å². The largest absolute Gasteiger partial charge is 0.461 e. The smallest absolute Gasteiger partial charge is 0.324 e.